The summed E-state index contributed by atoms with van der Waals surface area (Å²) in [4.78, 5) is 8.10. The molecular formula is C25H22F3N7O3S. The van der Waals surface area contributed by atoms with E-state index in [1.807, 2.05) is 13.0 Å². The van der Waals surface area contributed by atoms with Crippen molar-refractivity contribution in [2.45, 2.75) is 36.6 Å². The number of aryl methyl sites for hydroxylation is 1. The van der Waals surface area contributed by atoms with E-state index in [1.165, 1.54) is 22.5 Å². The van der Waals surface area contributed by atoms with Crippen LogP contribution in [0.5, 0.6) is 0 Å². The van der Waals surface area contributed by atoms with Crippen LogP contribution in [0.1, 0.15) is 23.2 Å². The standard InChI is InChI=1S/C25H22F3N7O3S/c1-14-18(12-31-24-23(14)20(10-29)33-34-24)15-2-5-17(6-3-15)39(37,38)35-9-8-19(21(36)13-35)32-22-7-4-16(11-30-22)25(26,27)28/h2-7,11-12,19,21,36H,8-9,13H2,1H3,(H,30,32)(H,31,33,34)/t19-,21+/m1/s1. The minimum absolute atomic E-state index is 0.0435. The van der Waals surface area contributed by atoms with Crippen LogP contribution in [0.2, 0.25) is 0 Å². The highest BCUT2D eigenvalue weighted by Gasteiger charge is 2.35. The van der Waals surface area contributed by atoms with Gasteiger partial charge in [-0.2, -0.15) is 27.8 Å². The average molecular weight is 558 g/mol. The minimum Gasteiger partial charge on any atom is -0.390 e. The Morgan fingerprint density at radius 1 is 1.15 bits per heavy atom. The Morgan fingerprint density at radius 2 is 1.90 bits per heavy atom. The third-order valence-corrected chi connectivity index (χ3v) is 8.61. The highest BCUT2D eigenvalue weighted by molar-refractivity contribution is 7.89. The molecule has 2 atom stereocenters. The van der Waals surface area contributed by atoms with Gasteiger partial charge in [0.2, 0.25) is 10.0 Å². The number of benzene rings is 1. The number of nitrogens with one attached hydrogen (secondary N) is 2. The molecule has 4 aromatic rings. The molecule has 0 spiro atoms. The lowest BCUT2D eigenvalue weighted by molar-refractivity contribution is -0.137. The van der Waals surface area contributed by atoms with E-state index < -0.39 is 33.9 Å². The number of pyridine rings is 2. The van der Waals surface area contributed by atoms with E-state index in [1.54, 1.807) is 18.3 Å². The molecule has 1 aromatic carbocycles. The summed E-state index contributed by atoms with van der Waals surface area (Å²) in [5.74, 6) is 0.152. The van der Waals surface area contributed by atoms with E-state index in [0.29, 0.717) is 22.8 Å². The van der Waals surface area contributed by atoms with Crippen molar-refractivity contribution in [2.75, 3.05) is 18.4 Å². The summed E-state index contributed by atoms with van der Waals surface area (Å²) in [6.45, 7) is 1.73. The van der Waals surface area contributed by atoms with Crippen LogP contribution in [0, 0.1) is 18.3 Å². The summed E-state index contributed by atoms with van der Waals surface area (Å²) < 4.78 is 66.0. The maximum Gasteiger partial charge on any atom is 0.417 e. The number of nitrogens with zero attached hydrogens (tertiary/aromatic N) is 5. The number of sulfonamides is 1. The predicted molar refractivity (Wildman–Crippen MR) is 135 cm³/mol. The van der Waals surface area contributed by atoms with Crippen molar-refractivity contribution in [3.63, 3.8) is 0 Å². The second kappa shape index (κ2) is 9.92. The molecule has 1 fully saturated rings. The Morgan fingerprint density at radius 3 is 2.51 bits per heavy atom. The van der Waals surface area contributed by atoms with Crippen LogP contribution in [0.3, 0.4) is 0 Å². The number of hydrogen-bond donors (Lipinski definition) is 3. The molecule has 0 bridgehead atoms. The number of anilines is 1. The van der Waals surface area contributed by atoms with Crippen molar-refractivity contribution in [1.82, 2.24) is 24.5 Å². The second-order valence-electron chi connectivity index (χ2n) is 9.13. The van der Waals surface area contributed by atoms with Gasteiger partial charge in [0, 0.05) is 31.0 Å². The van der Waals surface area contributed by atoms with E-state index >= 15 is 0 Å². The Labute approximate surface area is 221 Å². The Kier molecular flexibility index (Phi) is 6.75. The van der Waals surface area contributed by atoms with Gasteiger partial charge in [-0.1, -0.05) is 12.1 Å². The monoisotopic (exact) mass is 557 g/mol. The molecule has 3 N–H and O–H groups in total. The molecule has 1 saturated heterocycles. The summed E-state index contributed by atoms with van der Waals surface area (Å²) in [5, 5.41) is 30.1. The SMILES string of the molecule is Cc1c(-c2ccc(S(=O)(=O)N3CC[C@@H](Nc4ccc(C(F)(F)F)cn4)[C@@H](O)C3)cc2)cnc2[nH]nc(C#N)c12. The van der Waals surface area contributed by atoms with E-state index in [2.05, 4.69) is 25.5 Å². The number of nitriles is 1. The van der Waals surface area contributed by atoms with Gasteiger partial charge in [-0.15, -0.1) is 0 Å². The van der Waals surface area contributed by atoms with Crippen molar-refractivity contribution >= 4 is 26.9 Å². The van der Waals surface area contributed by atoms with Crippen LogP contribution < -0.4 is 5.32 Å². The maximum atomic E-state index is 13.3. The smallest absolute Gasteiger partial charge is 0.390 e. The van der Waals surface area contributed by atoms with E-state index in [0.717, 1.165) is 17.2 Å². The number of halogens is 3. The molecule has 4 heterocycles. The second-order valence-corrected chi connectivity index (χ2v) is 11.1. The fourth-order valence-corrected chi connectivity index (χ4v) is 6.07. The van der Waals surface area contributed by atoms with Crippen molar-refractivity contribution in [3.05, 3.63) is 65.6 Å². The molecule has 202 valence electrons. The van der Waals surface area contributed by atoms with Gasteiger partial charge in [0.15, 0.2) is 11.3 Å². The number of alkyl halides is 3. The summed E-state index contributed by atoms with van der Waals surface area (Å²) in [6.07, 6.45) is -3.07. The van der Waals surface area contributed by atoms with Gasteiger partial charge in [0.05, 0.1) is 28.0 Å². The maximum absolute atomic E-state index is 13.3. The van der Waals surface area contributed by atoms with Crippen LogP contribution in [0.15, 0.2) is 53.7 Å². The summed E-state index contributed by atoms with van der Waals surface area (Å²) in [5.41, 5.74) is 2.03. The molecule has 14 heteroatoms. The molecule has 5 rings (SSSR count). The van der Waals surface area contributed by atoms with Gasteiger partial charge >= 0.3 is 6.18 Å². The molecular weight excluding hydrogens is 535 g/mol. The van der Waals surface area contributed by atoms with Crippen LogP contribution >= 0.6 is 0 Å². The first-order valence-electron chi connectivity index (χ1n) is 11.8. The highest BCUT2D eigenvalue weighted by Crippen LogP contribution is 2.31. The topological polar surface area (TPSA) is 148 Å². The molecule has 0 radical (unpaired) electrons. The summed E-state index contributed by atoms with van der Waals surface area (Å²) in [6, 6.07) is 9.73. The van der Waals surface area contributed by atoms with E-state index in [-0.39, 0.29) is 35.9 Å². The largest absolute Gasteiger partial charge is 0.417 e. The van der Waals surface area contributed by atoms with Crippen LogP contribution in [-0.2, 0) is 16.2 Å². The van der Waals surface area contributed by atoms with Crippen LogP contribution in [-0.4, -0.2) is 63.2 Å². The molecule has 0 saturated carbocycles. The third-order valence-electron chi connectivity index (χ3n) is 6.73. The third kappa shape index (κ3) is 5.03. The van der Waals surface area contributed by atoms with Gasteiger partial charge in [-0.25, -0.2) is 18.4 Å². The predicted octanol–water partition coefficient (Wildman–Crippen LogP) is 3.45. The Balaban J connectivity index is 1.29. The van der Waals surface area contributed by atoms with Crippen molar-refractivity contribution in [2.24, 2.45) is 0 Å². The Hall–Kier alpha value is -4.06. The number of piperidine rings is 1. The number of hydrogen-bond acceptors (Lipinski definition) is 8. The molecule has 10 nitrogen and oxygen atoms in total. The van der Waals surface area contributed by atoms with E-state index in [4.69, 9.17) is 0 Å². The van der Waals surface area contributed by atoms with Gasteiger partial charge < -0.3 is 10.4 Å². The zero-order valence-electron chi connectivity index (χ0n) is 20.4. The normalized spacial score (nSPS) is 18.7. The van der Waals surface area contributed by atoms with Crippen LogP contribution in [0.4, 0.5) is 19.0 Å². The zero-order valence-corrected chi connectivity index (χ0v) is 21.3. The summed E-state index contributed by atoms with van der Waals surface area (Å²) >= 11 is 0. The zero-order chi connectivity index (χ0) is 27.9. The average Bonchev–Trinajstić information content (AvgIpc) is 3.34. The Bertz CT molecular complexity index is 1660. The molecule has 0 unspecified atom stereocenters. The fourth-order valence-electron chi connectivity index (χ4n) is 4.60. The number of fused-ring (bicyclic) bond motifs is 1. The number of rotatable bonds is 5. The molecule has 3 aromatic heterocycles. The number of H-pyrrole nitrogens is 1. The molecule has 0 amide bonds. The number of aliphatic hydroxyl groups excluding tert-OH is 1. The van der Waals surface area contributed by atoms with Gasteiger partial charge in [0.1, 0.15) is 11.9 Å². The first kappa shape index (κ1) is 26.5. The lowest BCUT2D eigenvalue weighted by atomic mass is 10.00. The minimum atomic E-state index is -4.51. The quantitative estimate of drug-likeness (QED) is 0.338. The fraction of sp³-hybridized carbons (Fsp3) is 0.280. The first-order chi connectivity index (χ1) is 18.5. The van der Waals surface area contributed by atoms with Crippen LogP contribution in [0.25, 0.3) is 22.2 Å². The number of aromatic nitrogens is 4. The van der Waals surface area contributed by atoms with Gasteiger partial charge in [-0.3, -0.25) is 5.10 Å². The number of aromatic amines is 1. The van der Waals surface area contributed by atoms with Crippen molar-refractivity contribution in [3.8, 4) is 17.2 Å². The lowest BCUT2D eigenvalue weighted by Gasteiger charge is -2.35. The highest BCUT2D eigenvalue weighted by atomic mass is 32.2. The molecule has 1 aliphatic rings. The van der Waals surface area contributed by atoms with Crippen molar-refractivity contribution in [1.29, 1.82) is 5.26 Å². The number of aliphatic hydroxyl groups is 1. The van der Waals surface area contributed by atoms with Crippen molar-refractivity contribution < 1.29 is 26.7 Å². The summed E-state index contributed by atoms with van der Waals surface area (Å²) in [7, 11) is -3.93. The van der Waals surface area contributed by atoms with Gasteiger partial charge in [0.25, 0.3) is 0 Å². The number of β-amino-alcohol motifs (C(OH)–C–C–N with tert-alkyl or cyclic N) is 1. The molecule has 39 heavy (non-hydrogen) atoms. The van der Waals surface area contributed by atoms with Gasteiger partial charge in [-0.05, 0) is 48.7 Å². The molecule has 1 aliphatic heterocycles. The molecule has 0 aliphatic carbocycles. The first-order valence-corrected chi connectivity index (χ1v) is 13.3. The van der Waals surface area contributed by atoms with E-state index in [9.17, 15) is 32.0 Å². The lowest BCUT2D eigenvalue weighted by Crippen LogP contribution is -2.51.